The number of nitrogens with zero attached hydrogens (tertiary/aromatic N) is 5. The van der Waals surface area contributed by atoms with Crippen LogP contribution < -0.4 is 5.01 Å². The highest BCUT2D eigenvalue weighted by Crippen LogP contribution is 2.47. The van der Waals surface area contributed by atoms with Crippen molar-refractivity contribution in [3.05, 3.63) is 121 Å². The Hall–Kier alpha value is -4.70. The van der Waals surface area contributed by atoms with Gasteiger partial charge in [-0.3, -0.25) is 20.2 Å². The van der Waals surface area contributed by atoms with Crippen molar-refractivity contribution < 1.29 is 9.85 Å². The number of anilines is 1. The van der Waals surface area contributed by atoms with Crippen LogP contribution in [0.5, 0.6) is 0 Å². The summed E-state index contributed by atoms with van der Waals surface area (Å²) >= 11 is 1.49. The number of aromatic nitrogens is 1. The lowest BCUT2D eigenvalue weighted by atomic mass is 9.77. The third kappa shape index (κ3) is 4.82. The van der Waals surface area contributed by atoms with Gasteiger partial charge in [0, 0.05) is 41.1 Å². The van der Waals surface area contributed by atoms with Gasteiger partial charge in [0.1, 0.15) is 0 Å². The Bertz CT molecular complexity index is 1630. The van der Waals surface area contributed by atoms with Crippen LogP contribution in [0, 0.1) is 26.1 Å². The molecule has 0 spiro atoms. The highest BCUT2D eigenvalue weighted by Gasteiger charge is 2.43. The lowest BCUT2D eigenvalue weighted by Gasteiger charge is -2.29. The standard InChI is InChI=1S/C29H23N5O4S/c35-33(36)23-12-4-7-19(16-23)15-21-10-6-14-25-27(21)31-32(28(25)22-11-5-13-24(17-22)34(37)38)29-30-26(18-39-29)20-8-2-1-3-9-20/h1-5,7-9,11-13,15-18,25,28H,6,10,14H2/b21-15+/t25-,28+/m1/s1. The van der Waals surface area contributed by atoms with Crippen LogP contribution in [0.4, 0.5) is 16.5 Å². The van der Waals surface area contributed by atoms with E-state index in [9.17, 15) is 20.2 Å². The van der Waals surface area contributed by atoms with Gasteiger partial charge in [-0.25, -0.2) is 9.99 Å². The molecule has 0 unspecified atom stereocenters. The molecule has 4 aromatic rings. The molecule has 2 atom stereocenters. The second kappa shape index (κ2) is 10.2. The highest BCUT2D eigenvalue weighted by atomic mass is 32.1. The Labute approximate surface area is 228 Å². The van der Waals surface area contributed by atoms with Gasteiger partial charge in [0.15, 0.2) is 0 Å². The van der Waals surface area contributed by atoms with Gasteiger partial charge in [-0.05, 0) is 42.0 Å². The van der Waals surface area contributed by atoms with Gasteiger partial charge in [-0.2, -0.15) is 5.10 Å². The molecule has 0 N–H and O–H groups in total. The summed E-state index contributed by atoms with van der Waals surface area (Å²) in [6.07, 6.45) is 4.55. The third-order valence-corrected chi connectivity index (χ3v) is 7.93. The fourth-order valence-corrected chi connectivity index (χ4v) is 6.17. The Morgan fingerprint density at radius 3 is 2.44 bits per heavy atom. The summed E-state index contributed by atoms with van der Waals surface area (Å²) in [7, 11) is 0. The van der Waals surface area contributed by atoms with Gasteiger partial charge in [-0.15, -0.1) is 11.3 Å². The number of nitro groups is 2. The number of hydrogen-bond acceptors (Lipinski definition) is 8. The molecule has 0 amide bonds. The predicted molar refractivity (Wildman–Crippen MR) is 152 cm³/mol. The largest absolute Gasteiger partial charge is 0.270 e. The van der Waals surface area contributed by atoms with Gasteiger partial charge in [0.05, 0.1) is 27.3 Å². The first kappa shape index (κ1) is 24.6. The zero-order chi connectivity index (χ0) is 26.9. The zero-order valence-electron chi connectivity index (χ0n) is 20.7. The summed E-state index contributed by atoms with van der Waals surface area (Å²) in [5.74, 6) is -0.00484. The molecule has 39 heavy (non-hydrogen) atoms. The van der Waals surface area contributed by atoms with Crippen molar-refractivity contribution in [2.75, 3.05) is 5.01 Å². The number of nitro benzene ring substituents is 2. The maximum Gasteiger partial charge on any atom is 0.270 e. The molecular weight excluding hydrogens is 514 g/mol. The van der Waals surface area contributed by atoms with E-state index in [1.807, 2.05) is 58.9 Å². The van der Waals surface area contributed by atoms with E-state index in [0.29, 0.717) is 5.13 Å². The number of allylic oxidation sites excluding steroid dienone is 1. The zero-order valence-corrected chi connectivity index (χ0v) is 21.5. The van der Waals surface area contributed by atoms with E-state index in [0.717, 1.165) is 52.9 Å². The quantitative estimate of drug-likeness (QED) is 0.187. The molecule has 2 heterocycles. The molecule has 0 saturated heterocycles. The predicted octanol–water partition coefficient (Wildman–Crippen LogP) is 7.43. The van der Waals surface area contributed by atoms with Crippen molar-refractivity contribution in [2.45, 2.75) is 25.3 Å². The first-order chi connectivity index (χ1) is 19.0. The number of benzene rings is 3. The molecule has 1 aromatic heterocycles. The molecule has 0 radical (unpaired) electrons. The van der Waals surface area contributed by atoms with Crippen LogP contribution in [-0.2, 0) is 0 Å². The van der Waals surface area contributed by atoms with Crippen LogP contribution in [0.25, 0.3) is 17.3 Å². The minimum atomic E-state index is -0.397. The lowest BCUT2D eigenvalue weighted by Crippen LogP contribution is -2.28. The van der Waals surface area contributed by atoms with Crippen molar-refractivity contribution in [2.24, 2.45) is 11.0 Å². The molecule has 0 bridgehead atoms. The average molecular weight is 538 g/mol. The summed E-state index contributed by atoms with van der Waals surface area (Å²) in [4.78, 5) is 27.0. The summed E-state index contributed by atoms with van der Waals surface area (Å²) < 4.78 is 0. The van der Waals surface area contributed by atoms with Crippen molar-refractivity contribution in [1.29, 1.82) is 0 Å². The van der Waals surface area contributed by atoms with Crippen molar-refractivity contribution >= 4 is 39.6 Å². The van der Waals surface area contributed by atoms with E-state index >= 15 is 0 Å². The van der Waals surface area contributed by atoms with Gasteiger partial charge in [-0.1, -0.05) is 54.6 Å². The normalized spacial score (nSPS) is 19.5. The number of thiazole rings is 1. The molecule has 2 aliphatic rings. The summed E-state index contributed by atoms with van der Waals surface area (Å²) in [6.45, 7) is 0. The van der Waals surface area contributed by atoms with Crippen molar-refractivity contribution in [3.63, 3.8) is 0 Å². The Balaban J connectivity index is 1.44. The molecular formula is C29H23N5O4S. The molecule has 1 aliphatic heterocycles. The van der Waals surface area contributed by atoms with Crippen molar-refractivity contribution in [1.82, 2.24) is 4.98 Å². The van der Waals surface area contributed by atoms with E-state index in [1.165, 1.54) is 23.5 Å². The molecule has 1 fully saturated rings. The minimum absolute atomic E-state index is 0.00484. The average Bonchev–Trinajstić information content (AvgIpc) is 3.60. The lowest BCUT2D eigenvalue weighted by molar-refractivity contribution is -0.385. The Kier molecular flexibility index (Phi) is 6.45. The van der Waals surface area contributed by atoms with Crippen LogP contribution in [0.15, 0.2) is 94.9 Å². The van der Waals surface area contributed by atoms with Crippen LogP contribution >= 0.6 is 11.3 Å². The molecule has 10 heteroatoms. The summed E-state index contributed by atoms with van der Waals surface area (Å²) in [5, 5.41) is 32.6. The van der Waals surface area contributed by atoms with Crippen LogP contribution in [0.2, 0.25) is 0 Å². The van der Waals surface area contributed by atoms with Gasteiger partial charge in [0.2, 0.25) is 5.13 Å². The summed E-state index contributed by atoms with van der Waals surface area (Å²) in [5.41, 5.74) is 5.39. The topological polar surface area (TPSA) is 115 Å². The number of fused-ring (bicyclic) bond motifs is 1. The number of rotatable bonds is 6. The molecule has 1 saturated carbocycles. The van der Waals surface area contributed by atoms with Crippen LogP contribution in [0.1, 0.15) is 36.4 Å². The fourth-order valence-electron chi connectivity index (χ4n) is 5.35. The second-order valence-electron chi connectivity index (χ2n) is 9.53. The first-order valence-corrected chi connectivity index (χ1v) is 13.4. The second-order valence-corrected chi connectivity index (χ2v) is 10.4. The molecule has 194 valence electrons. The van der Waals surface area contributed by atoms with Gasteiger partial charge in [0.25, 0.3) is 11.4 Å². The van der Waals surface area contributed by atoms with Crippen LogP contribution in [-0.4, -0.2) is 20.5 Å². The van der Waals surface area contributed by atoms with Crippen LogP contribution in [0.3, 0.4) is 0 Å². The maximum absolute atomic E-state index is 11.6. The molecule has 6 rings (SSSR count). The highest BCUT2D eigenvalue weighted by molar-refractivity contribution is 7.14. The number of non-ortho nitro benzene ring substituents is 2. The molecule has 9 nitrogen and oxygen atoms in total. The summed E-state index contributed by atoms with van der Waals surface area (Å²) in [6, 6.07) is 23.0. The smallest absolute Gasteiger partial charge is 0.258 e. The fraction of sp³-hybridized carbons (Fsp3) is 0.172. The Morgan fingerprint density at radius 2 is 1.67 bits per heavy atom. The van der Waals surface area contributed by atoms with E-state index in [4.69, 9.17) is 10.1 Å². The SMILES string of the molecule is O=[N+]([O-])c1cccc(/C=C2\CCC[C@@H]3C2=NN(c2nc(-c4ccccc4)cs2)[C@H]3c2cccc([N+](=O)[O-])c2)c1. The maximum atomic E-state index is 11.6. The van der Waals surface area contributed by atoms with Crippen molar-refractivity contribution in [3.8, 4) is 11.3 Å². The monoisotopic (exact) mass is 537 g/mol. The number of hydrogen-bond donors (Lipinski definition) is 0. The number of hydrazone groups is 1. The van der Waals surface area contributed by atoms with Gasteiger partial charge >= 0.3 is 0 Å². The van der Waals surface area contributed by atoms with E-state index < -0.39 is 4.92 Å². The third-order valence-electron chi connectivity index (χ3n) is 7.10. The Morgan fingerprint density at radius 1 is 0.923 bits per heavy atom. The van der Waals surface area contributed by atoms with E-state index in [1.54, 1.807) is 24.3 Å². The van der Waals surface area contributed by atoms with E-state index in [-0.39, 0.29) is 28.3 Å². The molecule has 3 aromatic carbocycles. The van der Waals surface area contributed by atoms with E-state index in [2.05, 4.69) is 0 Å². The molecule has 1 aliphatic carbocycles. The minimum Gasteiger partial charge on any atom is -0.258 e. The van der Waals surface area contributed by atoms with Gasteiger partial charge < -0.3 is 0 Å². The first-order valence-electron chi connectivity index (χ1n) is 12.6.